The second kappa shape index (κ2) is 5.16. The van der Waals surface area contributed by atoms with Gasteiger partial charge >= 0.3 is 0 Å². The lowest BCUT2D eigenvalue weighted by atomic mass is 10.4. The van der Waals surface area contributed by atoms with Crippen LogP contribution in [0.5, 0.6) is 0 Å². The molecule has 0 saturated carbocycles. The van der Waals surface area contributed by atoms with Gasteiger partial charge in [0.2, 0.25) is 10.0 Å². The maximum absolute atomic E-state index is 11.5. The molecule has 78 valence electrons. The summed E-state index contributed by atoms with van der Waals surface area (Å²) in [4.78, 5) is 0.266. The Balaban J connectivity index is 2.87. The van der Waals surface area contributed by atoms with Crippen molar-refractivity contribution in [1.82, 2.24) is 4.72 Å². The summed E-state index contributed by atoms with van der Waals surface area (Å²) < 4.78 is 26.4. The van der Waals surface area contributed by atoms with Crippen LogP contribution in [0.25, 0.3) is 0 Å². The zero-order chi connectivity index (χ0) is 10.6. The van der Waals surface area contributed by atoms with Crippen LogP contribution in [0.4, 0.5) is 0 Å². The lowest BCUT2D eigenvalue weighted by Crippen LogP contribution is -2.25. The summed E-state index contributed by atoms with van der Waals surface area (Å²) in [6.45, 7) is 0.335. The molecule has 1 aromatic carbocycles. The summed E-state index contributed by atoms with van der Waals surface area (Å²) in [6.07, 6.45) is 0. The molecule has 0 heterocycles. The molecule has 0 atom stereocenters. The molecular weight excluding hydrogens is 286 g/mol. The minimum atomic E-state index is -3.36. The summed E-state index contributed by atoms with van der Waals surface area (Å²) in [6, 6.07) is 6.47. The van der Waals surface area contributed by atoms with E-state index in [2.05, 4.69) is 33.3 Å². The molecule has 0 radical (unpaired) electrons. The lowest BCUT2D eigenvalue weighted by molar-refractivity contribution is 0.584. The van der Waals surface area contributed by atoms with E-state index in [1.54, 1.807) is 24.3 Å². The fourth-order valence-electron chi connectivity index (χ4n) is 0.877. The van der Waals surface area contributed by atoms with E-state index in [0.717, 1.165) is 4.47 Å². The molecule has 0 aliphatic rings. The van der Waals surface area contributed by atoms with E-state index in [-0.39, 0.29) is 4.90 Å². The van der Waals surface area contributed by atoms with Gasteiger partial charge in [-0.2, -0.15) is 12.6 Å². The molecule has 0 bridgehead atoms. The molecule has 0 aliphatic carbocycles. The first kappa shape index (κ1) is 12.0. The van der Waals surface area contributed by atoms with E-state index in [1.165, 1.54) is 0 Å². The van der Waals surface area contributed by atoms with E-state index in [9.17, 15) is 8.42 Å². The minimum Gasteiger partial charge on any atom is -0.210 e. The van der Waals surface area contributed by atoms with Gasteiger partial charge in [-0.25, -0.2) is 13.1 Å². The van der Waals surface area contributed by atoms with Crippen molar-refractivity contribution in [1.29, 1.82) is 0 Å². The summed E-state index contributed by atoms with van der Waals surface area (Å²) in [5.41, 5.74) is 0. The topological polar surface area (TPSA) is 46.2 Å². The highest BCUT2D eigenvalue weighted by molar-refractivity contribution is 9.10. The van der Waals surface area contributed by atoms with Gasteiger partial charge in [0.15, 0.2) is 0 Å². The molecule has 14 heavy (non-hydrogen) atoms. The second-order valence-corrected chi connectivity index (χ2v) is 5.71. The standard InChI is InChI=1S/C8H10BrNO2S2/c9-7-1-3-8(4-2-7)14(11,12)10-5-6-13/h1-4,10,13H,5-6H2. The van der Waals surface area contributed by atoms with Crippen LogP contribution < -0.4 is 4.72 Å². The molecule has 0 fully saturated rings. The molecule has 0 spiro atoms. The largest absolute Gasteiger partial charge is 0.240 e. The predicted molar refractivity (Wildman–Crippen MR) is 63.2 cm³/mol. The summed E-state index contributed by atoms with van der Waals surface area (Å²) in [7, 11) is -3.36. The third kappa shape index (κ3) is 3.27. The average molecular weight is 296 g/mol. The number of thiol groups is 1. The van der Waals surface area contributed by atoms with E-state index < -0.39 is 10.0 Å². The smallest absolute Gasteiger partial charge is 0.210 e. The second-order valence-electron chi connectivity index (χ2n) is 2.58. The van der Waals surface area contributed by atoms with Crippen molar-refractivity contribution in [3.8, 4) is 0 Å². The Morgan fingerprint density at radius 3 is 2.36 bits per heavy atom. The van der Waals surface area contributed by atoms with Crippen molar-refractivity contribution in [3.05, 3.63) is 28.7 Å². The molecule has 3 nitrogen and oxygen atoms in total. The molecule has 1 aromatic rings. The van der Waals surface area contributed by atoms with Crippen molar-refractivity contribution in [2.75, 3.05) is 12.3 Å². The predicted octanol–water partition coefficient (Wildman–Crippen LogP) is 1.66. The Bertz CT molecular complexity index is 388. The van der Waals surface area contributed by atoms with Gasteiger partial charge in [-0.1, -0.05) is 15.9 Å². The van der Waals surface area contributed by atoms with Crippen molar-refractivity contribution in [3.63, 3.8) is 0 Å². The number of hydrogen-bond donors (Lipinski definition) is 2. The summed E-state index contributed by atoms with van der Waals surface area (Å²) in [5.74, 6) is 0.482. The number of nitrogens with one attached hydrogen (secondary N) is 1. The van der Waals surface area contributed by atoms with Crippen molar-refractivity contribution in [2.24, 2.45) is 0 Å². The van der Waals surface area contributed by atoms with Gasteiger partial charge in [0, 0.05) is 16.8 Å². The molecule has 6 heteroatoms. The zero-order valence-electron chi connectivity index (χ0n) is 7.27. The number of hydrogen-bond acceptors (Lipinski definition) is 3. The highest BCUT2D eigenvalue weighted by Crippen LogP contribution is 2.14. The number of benzene rings is 1. The van der Waals surface area contributed by atoms with Crippen molar-refractivity contribution >= 4 is 38.6 Å². The van der Waals surface area contributed by atoms with Gasteiger partial charge in [-0.05, 0) is 24.3 Å². The zero-order valence-corrected chi connectivity index (χ0v) is 10.6. The number of rotatable bonds is 4. The van der Waals surface area contributed by atoms with Gasteiger partial charge in [-0.3, -0.25) is 0 Å². The van der Waals surface area contributed by atoms with E-state index in [1.807, 2.05) is 0 Å². The SMILES string of the molecule is O=S(=O)(NCCS)c1ccc(Br)cc1. The van der Waals surface area contributed by atoms with Crippen LogP contribution in [0.2, 0.25) is 0 Å². The minimum absolute atomic E-state index is 0.266. The first-order valence-electron chi connectivity index (χ1n) is 3.92. The Hall–Kier alpha value is -0.0400. The molecule has 0 amide bonds. The molecule has 0 saturated heterocycles. The average Bonchev–Trinajstić information content (AvgIpc) is 2.16. The van der Waals surface area contributed by atoms with Gasteiger partial charge in [0.25, 0.3) is 0 Å². The fraction of sp³-hybridized carbons (Fsp3) is 0.250. The monoisotopic (exact) mass is 295 g/mol. The van der Waals surface area contributed by atoms with E-state index in [0.29, 0.717) is 12.3 Å². The maximum atomic E-state index is 11.5. The summed E-state index contributed by atoms with van der Waals surface area (Å²) >= 11 is 7.16. The molecule has 0 aromatic heterocycles. The number of sulfonamides is 1. The Kier molecular flexibility index (Phi) is 4.43. The first-order valence-corrected chi connectivity index (χ1v) is 6.83. The van der Waals surface area contributed by atoms with Crippen LogP contribution in [0, 0.1) is 0 Å². The molecule has 1 rings (SSSR count). The van der Waals surface area contributed by atoms with Gasteiger partial charge in [0.05, 0.1) is 4.90 Å². The van der Waals surface area contributed by atoms with E-state index in [4.69, 9.17) is 0 Å². The third-order valence-electron chi connectivity index (χ3n) is 1.53. The Labute approximate surface area is 97.5 Å². The Morgan fingerprint density at radius 2 is 1.86 bits per heavy atom. The molecule has 0 unspecified atom stereocenters. The number of halogens is 1. The highest BCUT2D eigenvalue weighted by atomic mass is 79.9. The fourth-order valence-corrected chi connectivity index (χ4v) is 2.44. The van der Waals surface area contributed by atoms with Crippen LogP contribution >= 0.6 is 28.6 Å². The van der Waals surface area contributed by atoms with Crippen molar-refractivity contribution < 1.29 is 8.42 Å². The van der Waals surface area contributed by atoms with Crippen LogP contribution in [0.3, 0.4) is 0 Å². The van der Waals surface area contributed by atoms with E-state index >= 15 is 0 Å². The van der Waals surface area contributed by atoms with Crippen LogP contribution in [0.1, 0.15) is 0 Å². The Morgan fingerprint density at radius 1 is 1.29 bits per heavy atom. The maximum Gasteiger partial charge on any atom is 0.240 e. The van der Waals surface area contributed by atoms with Crippen LogP contribution in [-0.2, 0) is 10.0 Å². The third-order valence-corrected chi connectivity index (χ3v) is 3.76. The van der Waals surface area contributed by atoms with Gasteiger partial charge in [-0.15, -0.1) is 0 Å². The quantitative estimate of drug-likeness (QED) is 0.830. The van der Waals surface area contributed by atoms with Gasteiger partial charge in [0.1, 0.15) is 0 Å². The first-order chi connectivity index (χ1) is 6.56. The van der Waals surface area contributed by atoms with Crippen LogP contribution in [0.15, 0.2) is 33.6 Å². The summed E-state index contributed by atoms with van der Waals surface area (Å²) in [5, 5.41) is 0. The normalized spacial score (nSPS) is 11.6. The van der Waals surface area contributed by atoms with Crippen LogP contribution in [-0.4, -0.2) is 20.7 Å². The highest BCUT2D eigenvalue weighted by Gasteiger charge is 2.11. The molecular formula is C8H10BrNO2S2. The van der Waals surface area contributed by atoms with Crippen molar-refractivity contribution in [2.45, 2.75) is 4.90 Å². The lowest BCUT2D eigenvalue weighted by Gasteiger charge is -2.04. The molecule has 1 N–H and O–H groups in total. The van der Waals surface area contributed by atoms with Gasteiger partial charge < -0.3 is 0 Å². The molecule has 0 aliphatic heterocycles.